The van der Waals surface area contributed by atoms with Crippen molar-refractivity contribution in [1.29, 1.82) is 0 Å². The van der Waals surface area contributed by atoms with Crippen molar-refractivity contribution in [2.75, 3.05) is 59.0 Å². The lowest BCUT2D eigenvalue weighted by molar-refractivity contribution is -0.0817. The van der Waals surface area contributed by atoms with Crippen LogP contribution in [0.3, 0.4) is 0 Å². The summed E-state index contributed by atoms with van der Waals surface area (Å²) < 4.78 is 11.8. The van der Waals surface area contributed by atoms with Crippen LogP contribution in [0.15, 0.2) is 4.99 Å². The van der Waals surface area contributed by atoms with Crippen LogP contribution in [-0.2, 0) is 9.47 Å². The SMILES string of the molecule is CCNC(=NCCN1CCCCCC1)N1CCOC(C2CCCO2)C1.I. The van der Waals surface area contributed by atoms with Crippen LogP contribution in [-0.4, -0.2) is 87.0 Å². The molecule has 0 amide bonds. The lowest BCUT2D eigenvalue weighted by atomic mass is 10.1. The highest BCUT2D eigenvalue weighted by atomic mass is 127. The van der Waals surface area contributed by atoms with Crippen molar-refractivity contribution < 1.29 is 9.47 Å². The van der Waals surface area contributed by atoms with Gasteiger partial charge in [-0.2, -0.15) is 0 Å². The Bertz CT molecular complexity index is 410. The maximum absolute atomic E-state index is 5.98. The second-order valence-corrected chi connectivity index (χ2v) is 7.40. The summed E-state index contributed by atoms with van der Waals surface area (Å²) in [6.07, 6.45) is 8.21. The van der Waals surface area contributed by atoms with Crippen molar-refractivity contribution in [3.05, 3.63) is 0 Å². The van der Waals surface area contributed by atoms with E-state index >= 15 is 0 Å². The van der Waals surface area contributed by atoms with Gasteiger partial charge in [0.15, 0.2) is 5.96 Å². The molecule has 0 aromatic carbocycles. The highest BCUT2D eigenvalue weighted by Gasteiger charge is 2.32. The van der Waals surface area contributed by atoms with Crippen LogP contribution in [0.2, 0.25) is 0 Å². The maximum Gasteiger partial charge on any atom is 0.194 e. The van der Waals surface area contributed by atoms with Gasteiger partial charge in [0.2, 0.25) is 0 Å². The standard InChI is InChI=1S/C19H36N4O2.HI/c1-2-20-19(21-9-12-22-10-5-3-4-6-11-22)23-13-15-25-18(16-23)17-8-7-14-24-17;/h17-18H,2-16H2,1H3,(H,20,21);1H. The third-order valence-electron chi connectivity index (χ3n) is 5.48. The fraction of sp³-hybridized carbons (Fsp3) is 0.947. The van der Waals surface area contributed by atoms with Crippen LogP contribution >= 0.6 is 24.0 Å². The zero-order valence-corrected chi connectivity index (χ0v) is 18.7. The average molecular weight is 480 g/mol. The molecule has 0 spiro atoms. The number of nitrogens with zero attached hydrogens (tertiary/aromatic N) is 3. The van der Waals surface area contributed by atoms with Crippen LogP contribution in [0.1, 0.15) is 45.4 Å². The zero-order valence-electron chi connectivity index (χ0n) is 16.3. The number of hydrogen-bond acceptors (Lipinski definition) is 4. The smallest absolute Gasteiger partial charge is 0.194 e. The highest BCUT2D eigenvalue weighted by molar-refractivity contribution is 14.0. The minimum Gasteiger partial charge on any atom is -0.375 e. The number of morpholine rings is 1. The first-order valence-electron chi connectivity index (χ1n) is 10.4. The van der Waals surface area contributed by atoms with E-state index in [2.05, 4.69) is 22.0 Å². The first-order valence-corrected chi connectivity index (χ1v) is 10.4. The largest absolute Gasteiger partial charge is 0.375 e. The lowest BCUT2D eigenvalue weighted by Gasteiger charge is -2.37. The normalized spacial score (nSPS) is 28.5. The van der Waals surface area contributed by atoms with E-state index in [1.165, 1.54) is 38.8 Å². The van der Waals surface area contributed by atoms with Crippen LogP contribution in [0.25, 0.3) is 0 Å². The molecule has 3 fully saturated rings. The van der Waals surface area contributed by atoms with E-state index in [4.69, 9.17) is 14.5 Å². The minimum absolute atomic E-state index is 0. The number of hydrogen-bond donors (Lipinski definition) is 1. The van der Waals surface area contributed by atoms with E-state index in [9.17, 15) is 0 Å². The number of halogens is 1. The summed E-state index contributed by atoms with van der Waals surface area (Å²) in [5.41, 5.74) is 0. The van der Waals surface area contributed by atoms with Crippen molar-refractivity contribution in [2.24, 2.45) is 4.99 Å². The molecule has 7 heteroatoms. The van der Waals surface area contributed by atoms with Gasteiger partial charge < -0.3 is 24.6 Å². The molecule has 2 unspecified atom stereocenters. The van der Waals surface area contributed by atoms with Gasteiger partial charge in [0.25, 0.3) is 0 Å². The molecule has 0 radical (unpaired) electrons. The first-order chi connectivity index (χ1) is 12.4. The van der Waals surface area contributed by atoms with E-state index < -0.39 is 0 Å². The number of rotatable bonds is 5. The van der Waals surface area contributed by atoms with Crippen LogP contribution in [0.5, 0.6) is 0 Å². The first kappa shape index (κ1) is 22.2. The molecule has 6 nitrogen and oxygen atoms in total. The molecule has 3 heterocycles. The summed E-state index contributed by atoms with van der Waals surface area (Å²) in [7, 11) is 0. The van der Waals surface area contributed by atoms with Gasteiger partial charge in [0.1, 0.15) is 6.10 Å². The van der Waals surface area contributed by atoms with E-state index in [0.29, 0.717) is 0 Å². The Morgan fingerprint density at radius 2 is 1.77 bits per heavy atom. The fourth-order valence-electron chi connectivity index (χ4n) is 4.07. The summed E-state index contributed by atoms with van der Waals surface area (Å²) in [5.74, 6) is 1.05. The summed E-state index contributed by atoms with van der Waals surface area (Å²) in [4.78, 5) is 9.86. The molecule has 152 valence electrons. The zero-order chi connectivity index (χ0) is 17.3. The Kier molecular flexibility index (Phi) is 10.5. The van der Waals surface area contributed by atoms with Gasteiger partial charge in [-0.1, -0.05) is 12.8 Å². The molecular formula is C19H37IN4O2. The molecule has 0 aromatic heterocycles. The molecule has 26 heavy (non-hydrogen) atoms. The number of nitrogens with one attached hydrogen (secondary N) is 1. The topological polar surface area (TPSA) is 49.3 Å². The summed E-state index contributed by atoms with van der Waals surface area (Å²) in [6, 6.07) is 0. The monoisotopic (exact) mass is 480 g/mol. The third kappa shape index (κ3) is 6.80. The predicted molar refractivity (Wildman–Crippen MR) is 117 cm³/mol. The summed E-state index contributed by atoms with van der Waals surface area (Å²) in [6.45, 7) is 10.9. The quantitative estimate of drug-likeness (QED) is 0.372. The number of guanidine groups is 1. The summed E-state index contributed by atoms with van der Waals surface area (Å²) >= 11 is 0. The van der Waals surface area contributed by atoms with Crippen molar-refractivity contribution in [3.63, 3.8) is 0 Å². The molecule has 3 rings (SSSR count). The molecule has 3 aliphatic rings. The molecule has 0 aliphatic carbocycles. The minimum atomic E-state index is 0. The Balaban J connectivity index is 0.00000243. The fourth-order valence-corrected chi connectivity index (χ4v) is 4.07. The van der Waals surface area contributed by atoms with Gasteiger partial charge in [-0.25, -0.2) is 0 Å². The number of likely N-dealkylation sites (tertiary alicyclic amines) is 1. The number of aliphatic imine (C=N–C) groups is 1. The Morgan fingerprint density at radius 3 is 2.46 bits per heavy atom. The Morgan fingerprint density at radius 1 is 1.00 bits per heavy atom. The average Bonchev–Trinajstić information content (AvgIpc) is 3.06. The number of ether oxygens (including phenoxy) is 2. The predicted octanol–water partition coefficient (Wildman–Crippen LogP) is 2.33. The van der Waals surface area contributed by atoms with Gasteiger partial charge in [0.05, 0.1) is 19.3 Å². The molecule has 0 saturated carbocycles. The lowest BCUT2D eigenvalue weighted by Crippen LogP contribution is -2.53. The molecule has 0 aromatic rings. The molecule has 1 N–H and O–H groups in total. The second-order valence-electron chi connectivity index (χ2n) is 7.40. The van der Waals surface area contributed by atoms with Gasteiger partial charge in [0, 0.05) is 32.8 Å². The van der Waals surface area contributed by atoms with E-state index in [1.807, 2.05) is 0 Å². The van der Waals surface area contributed by atoms with Crippen LogP contribution < -0.4 is 5.32 Å². The summed E-state index contributed by atoms with van der Waals surface area (Å²) in [5, 5.41) is 3.47. The molecule has 3 saturated heterocycles. The van der Waals surface area contributed by atoms with Crippen molar-refractivity contribution >= 4 is 29.9 Å². The second kappa shape index (κ2) is 12.4. The van der Waals surface area contributed by atoms with E-state index in [-0.39, 0.29) is 36.2 Å². The maximum atomic E-state index is 5.98. The van der Waals surface area contributed by atoms with Gasteiger partial charge in [-0.15, -0.1) is 24.0 Å². The highest BCUT2D eigenvalue weighted by Crippen LogP contribution is 2.21. The van der Waals surface area contributed by atoms with Crippen molar-refractivity contribution in [3.8, 4) is 0 Å². The van der Waals surface area contributed by atoms with Gasteiger partial charge in [-0.05, 0) is 45.7 Å². The van der Waals surface area contributed by atoms with Crippen LogP contribution in [0.4, 0.5) is 0 Å². The third-order valence-corrected chi connectivity index (χ3v) is 5.48. The Hall–Kier alpha value is -0.120. The van der Waals surface area contributed by atoms with Crippen LogP contribution in [0, 0.1) is 0 Å². The van der Waals surface area contributed by atoms with Crippen molar-refractivity contribution in [2.45, 2.75) is 57.7 Å². The van der Waals surface area contributed by atoms with E-state index in [0.717, 1.165) is 64.7 Å². The molecule has 0 bridgehead atoms. The van der Waals surface area contributed by atoms with E-state index in [1.54, 1.807) is 0 Å². The van der Waals surface area contributed by atoms with Gasteiger partial charge >= 0.3 is 0 Å². The molecular weight excluding hydrogens is 443 g/mol. The molecule has 2 atom stereocenters. The molecule has 3 aliphatic heterocycles. The Labute approximate surface area is 176 Å². The van der Waals surface area contributed by atoms with Gasteiger partial charge in [-0.3, -0.25) is 4.99 Å². The van der Waals surface area contributed by atoms with Crippen molar-refractivity contribution in [1.82, 2.24) is 15.1 Å².